The fourth-order valence-corrected chi connectivity index (χ4v) is 3.95. The standard InChI is InChI=1S/C22H16N2O8/c1-24-8-10(7-23-24)11-5-16(28)31-15-6-14(27)18-19(29)20(30)21(32-22(18)17(11)15)9-2-3-12(25)13(26)4-9/h2-4,6-8,11,25-27,30H,5H2,1H3/t11-/m1/s1. The van der Waals surface area contributed by atoms with Crippen molar-refractivity contribution in [1.82, 2.24) is 9.78 Å². The zero-order valence-corrected chi connectivity index (χ0v) is 16.6. The number of hydrogen-bond acceptors (Lipinski definition) is 9. The molecule has 2 aromatic heterocycles. The van der Waals surface area contributed by atoms with Crippen molar-refractivity contribution in [1.29, 1.82) is 0 Å². The average molecular weight is 436 g/mol. The maximum Gasteiger partial charge on any atom is 0.312 e. The predicted octanol–water partition coefficient (Wildman–Crippen LogP) is 2.46. The first-order valence-electron chi connectivity index (χ1n) is 9.51. The van der Waals surface area contributed by atoms with Gasteiger partial charge in [0.15, 0.2) is 17.3 Å². The fourth-order valence-electron chi connectivity index (χ4n) is 3.95. The molecule has 0 saturated carbocycles. The number of nitrogens with zero attached hydrogens (tertiary/aromatic N) is 2. The third kappa shape index (κ3) is 2.84. The number of aryl methyl sites for hydroxylation is 1. The Morgan fingerprint density at radius 2 is 1.84 bits per heavy atom. The lowest BCUT2D eigenvalue weighted by atomic mass is 9.86. The number of hydrogen-bond donors (Lipinski definition) is 4. The summed E-state index contributed by atoms with van der Waals surface area (Å²) in [7, 11) is 1.72. The Morgan fingerprint density at radius 1 is 1.06 bits per heavy atom. The van der Waals surface area contributed by atoms with Crippen LogP contribution in [0.15, 0.2) is 45.9 Å². The largest absolute Gasteiger partial charge is 0.507 e. The second kappa shape index (κ2) is 6.77. The Bertz CT molecular complexity index is 1480. The van der Waals surface area contributed by atoms with Crippen molar-refractivity contribution in [2.24, 2.45) is 7.05 Å². The van der Waals surface area contributed by atoms with E-state index in [4.69, 9.17) is 9.15 Å². The van der Waals surface area contributed by atoms with Gasteiger partial charge in [-0.2, -0.15) is 5.10 Å². The molecule has 0 spiro atoms. The second-order valence-corrected chi connectivity index (χ2v) is 7.50. The summed E-state index contributed by atoms with van der Waals surface area (Å²) in [6.07, 6.45) is 3.23. The number of phenolic OH excluding ortho intramolecular Hbond substituents is 3. The van der Waals surface area contributed by atoms with Gasteiger partial charge in [0.05, 0.1) is 12.6 Å². The van der Waals surface area contributed by atoms with E-state index in [0.29, 0.717) is 11.1 Å². The number of benzene rings is 2. The topological polar surface area (TPSA) is 155 Å². The zero-order chi connectivity index (χ0) is 22.7. The lowest BCUT2D eigenvalue weighted by Crippen LogP contribution is -2.21. The van der Waals surface area contributed by atoms with Gasteiger partial charge in [-0.25, -0.2) is 0 Å². The van der Waals surface area contributed by atoms with Gasteiger partial charge in [0, 0.05) is 36.4 Å². The van der Waals surface area contributed by atoms with Crippen LogP contribution in [0.3, 0.4) is 0 Å². The van der Waals surface area contributed by atoms with Crippen LogP contribution in [-0.2, 0) is 11.8 Å². The normalized spacial score (nSPS) is 15.5. The van der Waals surface area contributed by atoms with Crippen LogP contribution < -0.4 is 10.2 Å². The molecule has 0 saturated heterocycles. The van der Waals surface area contributed by atoms with Gasteiger partial charge in [0.25, 0.3) is 0 Å². The highest BCUT2D eigenvalue weighted by Crippen LogP contribution is 2.47. The summed E-state index contributed by atoms with van der Waals surface area (Å²) in [4.78, 5) is 25.2. The molecule has 0 amide bonds. The van der Waals surface area contributed by atoms with Gasteiger partial charge < -0.3 is 29.6 Å². The highest BCUT2D eigenvalue weighted by atomic mass is 16.5. The van der Waals surface area contributed by atoms with Crippen LogP contribution in [0.25, 0.3) is 22.3 Å². The number of aromatic nitrogens is 2. The van der Waals surface area contributed by atoms with Crippen LogP contribution in [0.5, 0.6) is 28.7 Å². The summed E-state index contributed by atoms with van der Waals surface area (Å²) >= 11 is 0. The van der Waals surface area contributed by atoms with Gasteiger partial charge in [-0.15, -0.1) is 0 Å². The van der Waals surface area contributed by atoms with Crippen molar-refractivity contribution in [3.05, 3.63) is 58.0 Å². The van der Waals surface area contributed by atoms with Crippen molar-refractivity contribution in [2.75, 3.05) is 0 Å². The molecule has 4 aromatic rings. The van der Waals surface area contributed by atoms with Crippen LogP contribution in [-0.4, -0.2) is 36.2 Å². The number of carbonyl (C=O) groups is 1. The third-order valence-electron chi connectivity index (χ3n) is 5.43. The minimum atomic E-state index is -0.907. The van der Waals surface area contributed by atoms with E-state index in [9.17, 15) is 30.0 Å². The monoisotopic (exact) mass is 436 g/mol. The minimum absolute atomic E-state index is 0.0217. The Labute approximate surface area is 179 Å². The van der Waals surface area contributed by atoms with Crippen LogP contribution in [0.1, 0.15) is 23.5 Å². The van der Waals surface area contributed by atoms with Gasteiger partial charge in [0.1, 0.15) is 22.5 Å². The molecular formula is C22H16N2O8. The SMILES string of the molecule is Cn1cc([C@H]2CC(=O)Oc3cc(O)c4c(=O)c(O)c(-c5ccc(O)c(O)c5)oc4c32)cn1. The average Bonchev–Trinajstić information content (AvgIpc) is 3.17. The van der Waals surface area contributed by atoms with Crippen molar-refractivity contribution < 1.29 is 34.4 Å². The molecule has 4 N–H and O–H groups in total. The molecule has 5 rings (SSSR count). The van der Waals surface area contributed by atoms with Gasteiger partial charge >= 0.3 is 5.97 Å². The molecule has 0 unspecified atom stereocenters. The Morgan fingerprint density at radius 3 is 2.53 bits per heavy atom. The number of fused-ring (bicyclic) bond motifs is 3. The molecular weight excluding hydrogens is 420 g/mol. The van der Waals surface area contributed by atoms with Crippen LogP contribution >= 0.6 is 0 Å². The molecule has 0 bridgehead atoms. The summed E-state index contributed by atoms with van der Waals surface area (Å²) < 4.78 is 12.8. The number of rotatable bonds is 2. The molecule has 10 nitrogen and oxygen atoms in total. The molecule has 1 aliphatic rings. The maximum absolute atomic E-state index is 13.0. The number of phenols is 3. The molecule has 2 aromatic carbocycles. The Balaban J connectivity index is 1.86. The fraction of sp³-hybridized carbons (Fsp3) is 0.136. The van der Waals surface area contributed by atoms with Gasteiger partial charge in [-0.05, 0) is 23.8 Å². The Hall–Kier alpha value is -4.47. The lowest BCUT2D eigenvalue weighted by Gasteiger charge is -2.25. The van der Waals surface area contributed by atoms with Gasteiger partial charge in [-0.1, -0.05) is 0 Å². The molecule has 0 radical (unpaired) electrons. The number of ether oxygens (including phenoxy) is 1. The van der Waals surface area contributed by atoms with E-state index in [1.807, 2.05) is 0 Å². The van der Waals surface area contributed by atoms with E-state index in [2.05, 4.69) is 5.10 Å². The van der Waals surface area contributed by atoms with Crippen LogP contribution in [0.4, 0.5) is 0 Å². The summed E-state index contributed by atoms with van der Waals surface area (Å²) in [6.45, 7) is 0. The highest BCUT2D eigenvalue weighted by molar-refractivity contribution is 5.94. The van der Waals surface area contributed by atoms with E-state index >= 15 is 0 Å². The van der Waals surface area contributed by atoms with E-state index in [1.54, 1.807) is 24.1 Å². The van der Waals surface area contributed by atoms with Crippen LogP contribution in [0.2, 0.25) is 0 Å². The highest BCUT2D eigenvalue weighted by Gasteiger charge is 2.35. The van der Waals surface area contributed by atoms with Gasteiger partial charge in [-0.3, -0.25) is 14.3 Å². The summed E-state index contributed by atoms with van der Waals surface area (Å²) in [5, 5.41) is 44.2. The lowest BCUT2D eigenvalue weighted by molar-refractivity contribution is -0.135. The minimum Gasteiger partial charge on any atom is -0.507 e. The number of esters is 1. The molecule has 10 heteroatoms. The van der Waals surface area contributed by atoms with E-state index in [-0.39, 0.29) is 34.5 Å². The van der Waals surface area contributed by atoms with E-state index in [1.165, 1.54) is 12.1 Å². The molecule has 162 valence electrons. The quantitative estimate of drug-likeness (QED) is 0.211. The number of carbonyl (C=O) groups excluding carboxylic acids is 1. The molecule has 32 heavy (non-hydrogen) atoms. The van der Waals surface area contributed by atoms with Crippen molar-refractivity contribution in [3.8, 4) is 40.1 Å². The molecule has 1 atom stereocenters. The summed E-state index contributed by atoms with van der Waals surface area (Å²) in [5.41, 5.74) is 0.131. The van der Waals surface area contributed by atoms with Crippen molar-refractivity contribution in [3.63, 3.8) is 0 Å². The van der Waals surface area contributed by atoms with Gasteiger partial charge in [0.2, 0.25) is 11.2 Å². The molecule has 3 heterocycles. The van der Waals surface area contributed by atoms with Crippen LogP contribution in [0, 0.1) is 0 Å². The van der Waals surface area contributed by atoms with E-state index < -0.39 is 40.3 Å². The Kier molecular flexibility index (Phi) is 4.12. The smallest absolute Gasteiger partial charge is 0.312 e. The molecule has 0 aliphatic carbocycles. The predicted molar refractivity (Wildman–Crippen MR) is 110 cm³/mol. The molecule has 0 fully saturated rings. The zero-order valence-electron chi connectivity index (χ0n) is 16.6. The molecule has 1 aliphatic heterocycles. The maximum atomic E-state index is 13.0. The van der Waals surface area contributed by atoms with E-state index in [0.717, 1.165) is 12.1 Å². The third-order valence-corrected chi connectivity index (χ3v) is 5.43. The summed E-state index contributed by atoms with van der Waals surface area (Å²) in [5.74, 6) is -3.57. The number of aromatic hydroxyl groups is 4. The van der Waals surface area contributed by atoms with Crippen molar-refractivity contribution >= 4 is 16.9 Å². The first kappa shape index (κ1) is 19.5. The van der Waals surface area contributed by atoms with Crippen molar-refractivity contribution in [2.45, 2.75) is 12.3 Å². The second-order valence-electron chi connectivity index (χ2n) is 7.50. The summed E-state index contributed by atoms with van der Waals surface area (Å²) in [6, 6.07) is 4.77. The first-order chi connectivity index (χ1) is 15.2. The first-order valence-corrected chi connectivity index (χ1v) is 9.51.